The average molecular weight is 314 g/mol. The van der Waals surface area contributed by atoms with Crippen LogP contribution in [0.4, 0.5) is 23.2 Å². The Morgan fingerprint density at radius 2 is 1.91 bits per heavy atom. The van der Waals surface area contributed by atoms with Crippen molar-refractivity contribution < 1.29 is 27.1 Å². The Bertz CT molecular complexity index is 657. The van der Waals surface area contributed by atoms with Crippen LogP contribution in [-0.2, 0) is 0 Å². The van der Waals surface area contributed by atoms with Crippen molar-refractivity contribution in [2.45, 2.75) is 6.18 Å². The van der Waals surface area contributed by atoms with E-state index in [9.17, 15) is 22.4 Å². The first-order valence-electron chi connectivity index (χ1n) is 6.06. The van der Waals surface area contributed by atoms with Crippen LogP contribution >= 0.6 is 0 Å². The molecule has 0 aliphatic rings. The van der Waals surface area contributed by atoms with Gasteiger partial charge in [0.05, 0.1) is 17.4 Å². The molecule has 1 amide bonds. The van der Waals surface area contributed by atoms with E-state index in [-0.39, 0.29) is 17.1 Å². The van der Waals surface area contributed by atoms with Crippen LogP contribution in [-0.4, -0.2) is 23.7 Å². The van der Waals surface area contributed by atoms with Crippen molar-refractivity contribution in [2.75, 3.05) is 11.9 Å². The van der Waals surface area contributed by atoms with Crippen LogP contribution < -0.4 is 10.1 Å². The summed E-state index contributed by atoms with van der Waals surface area (Å²) in [5, 5.41) is 2.38. The molecule has 2 rings (SSSR count). The molecule has 0 radical (unpaired) electrons. The zero-order valence-corrected chi connectivity index (χ0v) is 11.0. The van der Waals surface area contributed by atoms with Crippen LogP contribution in [0.3, 0.4) is 0 Å². The van der Waals surface area contributed by atoms with E-state index in [1.165, 1.54) is 30.3 Å². The third kappa shape index (κ3) is 4.44. The third-order valence-electron chi connectivity index (χ3n) is 2.50. The Kier molecular flexibility index (Phi) is 4.59. The summed E-state index contributed by atoms with van der Waals surface area (Å²) < 4.78 is 53.8. The van der Waals surface area contributed by atoms with Crippen molar-refractivity contribution in [3.63, 3.8) is 0 Å². The Morgan fingerprint density at radius 1 is 1.18 bits per heavy atom. The molecule has 0 unspecified atom stereocenters. The largest absolute Gasteiger partial charge is 0.468 e. The molecule has 0 atom stereocenters. The maximum Gasteiger partial charge on any atom is 0.422 e. The summed E-state index contributed by atoms with van der Waals surface area (Å²) in [6.07, 6.45) is -3.34. The van der Waals surface area contributed by atoms with Gasteiger partial charge in [0.25, 0.3) is 5.91 Å². The molecule has 0 saturated heterocycles. The van der Waals surface area contributed by atoms with Gasteiger partial charge in [-0.2, -0.15) is 13.2 Å². The second kappa shape index (κ2) is 6.42. The summed E-state index contributed by atoms with van der Waals surface area (Å²) in [4.78, 5) is 15.4. The molecule has 116 valence electrons. The molecule has 8 heteroatoms. The minimum atomic E-state index is -4.46. The number of carbonyl (C=O) groups excluding carboxylic acids is 1. The molecule has 1 N–H and O–H groups in total. The fraction of sp³-hybridized carbons (Fsp3) is 0.143. The lowest BCUT2D eigenvalue weighted by molar-refractivity contribution is -0.154. The normalized spacial score (nSPS) is 11.1. The number of carbonyl (C=O) groups is 1. The van der Waals surface area contributed by atoms with Gasteiger partial charge in [-0.1, -0.05) is 12.1 Å². The van der Waals surface area contributed by atoms with E-state index in [4.69, 9.17) is 0 Å². The van der Waals surface area contributed by atoms with E-state index >= 15 is 0 Å². The van der Waals surface area contributed by atoms with Gasteiger partial charge in [-0.25, -0.2) is 9.37 Å². The fourth-order valence-corrected chi connectivity index (χ4v) is 1.54. The molecule has 1 aromatic heterocycles. The number of halogens is 4. The molecule has 0 spiro atoms. The first-order valence-corrected chi connectivity index (χ1v) is 6.06. The number of alkyl halides is 3. The third-order valence-corrected chi connectivity index (χ3v) is 2.50. The van der Waals surface area contributed by atoms with Crippen LogP contribution in [0.2, 0.25) is 0 Å². The monoisotopic (exact) mass is 314 g/mol. The van der Waals surface area contributed by atoms with Gasteiger partial charge < -0.3 is 10.1 Å². The smallest absolute Gasteiger partial charge is 0.422 e. The highest BCUT2D eigenvalue weighted by molar-refractivity contribution is 6.04. The van der Waals surface area contributed by atoms with E-state index in [1.54, 1.807) is 0 Å². The molecule has 1 heterocycles. The van der Waals surface area contributed by atoms with Gasteiger partial charge in [0.1, 0.15) is 5.82 Å². The highest BCUT2D eigenvalue weighted by Gasteiger charge is 2.28. The number of pyridine rings is 1. The lowest BCUT2D eigenvalue weighted by atomic mass is 10.2. The van der Waals surface area contributed by atoms with E-state index < -0.39 is 24.5 Å². The standard InChI is InChI=1S/C14H10F4N2O2/c15-11-4-2-1-3-10(11)13(21)20-9-5-6-12(19-7-9)22-8-14(16,17)18/h1-7H,8H2,(H,20,21). The predicted molar refractivity (Wildman–Crippen MR) is 70.1 cm³/mol. The summed E-state index contributed by atoms with van der Waals surface area (Å²) in [5.74, 6) is -1.61. The van der Waals surface area contributed by atoms with Gasteiger partial charge in [-0.05, 0) is 18.2 Å². The van der Waals surface area contributed by atoms with Crippen molar-refractivity contribution in [1.82, 2.24) is 4.98 Å². The van der Waals surface area contributed by atoms with Crippen LogP contribution in [0.5, 0.6) is 5.88 Å². The Morgan fingerprint density at radius 3 is 2.50 bits per heavy atom. The minimum Gasteiger partial charge on any atom is -0.468 e. The SMILES string of the molecule is O=C(Nc1ccc(OCC(F)(F)F)nc1)c1ccccc1F. The maximum atomic E-state index is 13.4. The molecule has 2 aromatic rings. The Labute approximate surface area is 122 Å². The quantitative estimate of drug-likeness (QED) is 0.880. The van der Waals surface area contributed by atoms with Crippen molar-refractivity contribution >= 4 is 11.6 Å². The zero-order valence-electron chi connectivity index (χ0n) is 11.0. The number of anilines is 1. The summed E-state index contributed by atoms with van der Waals surface area (Å²) in [6.45, 7) is -1.46. The van der Waals surface area contributed by atoms with Gasteiger partial charge in [-0.3, -0.25) is 4.79 Å². The fourth-order valence-electron chi connectivity index (χ4n) is 1.54. The molecule has 4 nitrogen and oxygen atoms in total. The molecular formula is C14H10F4N2O2. The average Bonchev–Trinajstić information content (AvgIpc) is 2.46. The lowest BCUT2D eigenvalue weighted by Gasteiger charge is -2.09. The van der Waals surface area contributed by atoms with Gasteiger partial charge in [0.2, 0.25) is 5.88 Å². The number of hydrogen-bond donors (Lipinski definition) is 1. The van der Waals surface area contributed by atoms with E-state index in [0.29, 0.717) is 0 Å². The van der Waals surface area contributed by atoms with Gasteiger partial charge in [0.15, 0.2) is 6.61 Å². The molecule has 0 aliphatic heterocycles. The number of ether oxygens (including phenoxy) is 1. The first-order chi connectivity index (χ1) is 10.3. The van der Waals surface area contributed by atoms with Crippen LogP contribution in [0.25, 0.3) is 0 Å². The zero-order chi connectivity index (χ0) is 16.2. The Balaban J connectivity index is 1.99. The number of nitrogens with one attached hydrogen (secondary N) is 1. The van der Waals surface area contributed by atoms with Crippen molar-refractivity contribution in [3.05, 3.63) is 54.0 Å². The summed E-state index contributed by atoms with van der Waals surface area (Å²) in [5.41, 5.74) is 0.0486. The molecule has 0 bridgehead atoms. The predicted octanol–water partition coefficient (Wildman–Crippen LogP) is 3.41. The van der Waals surface area contributed by atoms with Gasteiger partial charge in [-0.15, -0.1) is 0 Å². The molecule has 0 saturated carbocycles. The number of hydrogen-bond acceptors (Lipinski definition) is 3. The maximum absolute atomic E-state index is 13.4. The van der Waals surface area contributed by atoms with Gasteiger partial charge in [0, 0.05) is 6.07 Å². The topological polar surface area (TPSA) is 51.2 Å². The van der Waals surface area contributed by atoms with Crippen molar-refractivity contribution in [3.8, 4) is 5.88 Å². The highest BCUT2D eigenvalue weighted by atomic mass is 19.4. The van der Waals surface area contributed by atoms with E-state index in [1.807, 2.05) is 0 Å². The van der Waals surface area contributed by atoms with Crippen molar-refractivity contribution in [1.29, 1.82) is 0 Å². The Hall–Kier alpha value is -2.64. The number of amides is 1. The van der Waals surface area contributed by atoms with Crippen LogP contribution in [0.15, 0.2) is 42.6 Å². The first kappa shape index (κ1) is 15.7. The van der Waals surface area contributed by atoms with Crippen LogP contribution in [0.1, 0.15) is 10.4 Å². The summed E-state index contributed by atoms with van der Waals surface area (Å²) in [7, 11) is 0. The molecule has 22 heavy (non-hydrogen) atoms. The van der Waals surface area contributed by atoms with E-state index in [2.05, 4.69) is 15.0 Å². The minimum absolute atomic E-state index is 0.153. The number of benzene rings is 1. The number of aromatic nitrogens is 1. The van der Waals surface area contributed by atoms with E-state index in [0.717, 1.165) is 12.3 Å². The second-order valence-electron chi connectivity index (χ2n) is 4.22. The molecule has 0 fully saturated rings. The molecule has 0 aliphatic carbocycles. The van der Waals surface area contributed by atoms with Crippen molar-refractivity contribution in [2.24, 2.45) is 0 Å². The number of rotatable bonds is 4. The summed E-state index contributed by atoms with van der Waals surface area (Å²) >= 11 is 0. The second-order valence-corrected chi connectivity index (χ2v) is 4.22. The molecular weight excluding hydrogens is 304 g/mol. The molecule has 1 aromatic carbocycles. The lowest BCUT2D eigenvalue weighted by Crippen LogP contribution is -2.19. The number of nitrogens with zero attached hydrogens (tertiary/aromatic N) is 1. The van der Waals surface area contributed by atoms with Gasteiger partial charge >= 0.3 is 6.18 Å². The summed E-state index contributed by atoms with van der Waals surface area (Å²) in [6, 6.07) is 7.87. The highest BCUT2D eigenvalue weighted by Crippen LogP contribution is 2.18. The van der Waals surface area contributed by atoms with Crippen LogP contribution in [0, 0.1) is 5.82 Å².